The number of methoxy groups -OCH3 is 1. The number of nitrogens with one attached hydrogen (secondary N) is 1. The lowest BCUT2D eigenvalue weighted by molar-refractivity contribution is -0.113. The lowest BCUT2D eigenvalue weighted by Gasteiger charge is -2.32. The Morgan fingerprint density at radius 2 is 2.04 bits per heavy atom. The summed E-state index contributed by atoms with van der Waals surface area (Å²) in [6, 6.07) is 5.15. The minimum absolute atomic E-state index is 0.0210. The van der Waals surface area contributed by atoms with Crippen molar-refractivity contribution in [2.24, 2.45) is 0 Å². The van der Waals surface area contributed by atoms with Crippen molar-refractivity contribution >= 4 is 29.3 Å². The van der Waals surface area contributed by atoms with E-state index in [4.69, 9.17) is 4.74 Å². The fourth-order valence-electron chi connectivity index (χ4n) is 2.55. The summed E-state index contributed by atoms with van der Waals surface area (Å²) in [6.07, 6.45) is 1.76. The zero-order valence-corrected chi connectivity index (χ0v) is 15.6. The highest BCUT2D eigenvalue weighted by atomic mass is 32.2. The van der Waals surface area contributed by atoms with Crippen LogP contribution in [0.2, 0.25) is 0 Å². The fraction of sp³-hybridized carbons (Fsp3) is 0.444. The minimum atomic E-state index is -0.130. The van der Waals surface area contributed by atoms with E-state index in [1.54, 1.807) is 31.4 Å². The van der Waals surface area contributed by atoms with Crippen LogP contribution < -0.4 is 10.1 Å². The number of hydrogen-bond acceptors (Lipinski definition) is 5. The van der Waals surface area contributed by atoms with Crippen molar-refractivity contribution in [3.8, 4) is 5.75 Å². The van der Waals surface area contributed by atoms with E-state index in [2.05, 4.69) is 16.8 Å². The van der Waals surface area contributed by atoms with Gasteiger partial charge >= 0.3 is 0 Å². The minimum Gasteiger partial charge on any atom is -0.495 e. The van der Waals surface area contributed by atoms with Gasteiger partial charge in [0.15, 0.2) is 0 Å². The van der Waals surface area contributed by atoms with Gasteiger partial charge in [0.25, 0.3) is 5.91 Å². The van der Waals surface area contributed by atoms with Crippen LogP contribution in [-0.2, 0) is 4.79 Å². The molecule has 0 saturated carbocycles. The number of ether oxygens (including phenoxy) is 1. The molecule has 1 aromatic rings. The van der Waals surface area contributed by atoms with E-state index in [0.29, 0.717) is 41.6 Å². The highest BCUT2D eigenvalue weighted by Gasteiger charge is 2.21. The van der Waals surface area contributed by atoms with Gasteiger partial charge in [-0.2, -0.15) is 0 Å². The van der Waals surface area contributed by atoms with E-state index < -0.39 is 0 Å². The molecule has 2 amide bonds. The summed E-state index contributed by atoms with van der Waals surface area (Å²) in [5, 5.41) is 2.83. The van der Waals surface area contributed by atoms with Crippen molar-refractivity contribution in [2.75, 3.05) is 57.2 Å². The number of piperazine rings is 1. The van der Waals surface area contributed by atoms with Gasteiger partial charge in [-0.05, 0) is 25.2 Å². The molecule has 136 valence electrons. The van der Waals surface area contributed by atoms with Crippen LogP contribution in [0.25, 0.3) is 0 Å². The molecule has 1 fully saturated rings. The SMILES string of the molecule is C=CCSCC(=O)Nc1cc(C(=O)N2CCN(C)CC2)ccc1OC. The predicted molar refractivity (Wildman–Crippen MR) is 103 cm³/mol. The average Bonchev–Trinajstić information content (AvgIpc) is 2.62. The Balaban J connectivity index is 2.08. The van der Waals surface area contributed by atoms with Crippen LogP contribution in [-0.4, -0.2) is 73.5 Å². The summed E-state index contributed by atoms with van der Waals surface area (Å²) in [5.41, 5.74) is 1.08. The summed E-state index contributed by atoms with van der Waals surface area (Å²) in [7, 11) is 3.59. The normalized spacial score (nSPS) is 14.9. The maximum Gasteiger partial charge on any atom is 0.254 e. The number of thioether (sulfide) groups is 1. The monoisotopic (exact) mass is 363 g/mol. The van der Waals surface area contributed by atoms with Crippen LogP contribution in [0.3, 0.4) is 0 Å². The number of benzene rings is 1. The Morgan fingerprint density at radius 3 is 2.68 bits per heavy atom. The van der Waals surface area contributed by atoms with Gasteiger partial charge in [-0.3, -0.25) is 9.59 Å². The first kappa shape index (κ1) is 19.3. The van der Waals surface area contributed by atoms with Crippen molar-refractivity contribution in [2.45, 2.75) is 0 Å². The number of likely N-dealkylation sites (N-methyl/N-ethyl adjacent to an activating group) is 1. The van der Waals surface area contributed by atoms with E-state index in [9.17, 15) is 9.59 Å². The Bertz CT molecular complexity index is 628. The molecule has 6 nitrogen and oxygen atoms in total. The van der Waals surface area contributed by atoms with Crippen LogP contribution in [0.5, 0.6) is 5.75 Å². The average molecular weight is 363 g/mol. The third-order valence-corrected chi connectivity index (χ3v) is 4.92. The summed E-state index contributed by atoms with van der Waals surface area (Å²) < 4.78 is 5.30. The molecule has 0 aliphatic carbocycles. The first-order valence-corrected chi connectivity index (χ1v) is 9.35. The molecule has 0 bridgehead atoms. The Hall–Kier alpha value is -1.99. The molecule has 25 heavy (non-hydrogen) atoms. The predicted octanol–water partition coefficient (Wildman–Crippen LogP) is 1.94. The van der Waals surface area contributed by atoms with Crippen molar-refractivity contribution < 1.29 is 14.3 Å². The molecule has 1 saturated heterocycles. The highest BCUT2D eigenvalue weighted by Crippen LogP contribution is 2.26. The molecule has 0 atom stereocenters. The summed E-state index contributed by atoms with van der Waals surface area (Å²) in [5.74, 6) is 1.43. The molecule has 7 heteroatoms. The van der Waals surface area contributed by atoms with Gasteiger partial charge in [-0.1, -0.05) is 6.08 Å². The molecular weight excluding hydrogens is 338 g/mol. The van der Waals surface area contributed by atoms with Crippen molar-refractivity contribution in [3.05, 3.63) is 36.4 Å². The lowest BCUT2D eigenvalue weighted by Crippen LogP contribution is -2.47. The van der Waals surface area contributed by atoms with Crippen LogP contribution in [0.1, 0.15) is 10.4 Å². The quantitative estimate of drug-likeness (QED) is 0.593. The Morgan fingerprint density at radius 1 is 1.32 bits per heavy atom. The first-order valence-electron chi connectivity index (χ1n) is 8.19. The zero-order chi connectivity index (χ0) is 18.2. The molecule has 1 aliphatic rings. The topological polar surface area (TPSA) is 61.9 Å². The summed E-state index contributed by atoms with van der Waals surface area (Å²) >= 11 is 1.48. The van der Waals surface area contributed by atoms with E-state index in [0.717, 1.165) is 13.1 Å². The summed E-state index contributed by atoms with van der Waals surface area (Å²) in [4.78, 5) is 28.8. The molecule has 1 aliphatic heterocycles. The third-order valence-electron chi connectivity index (χ3n) is 3.98. The largest absolute Gasteiger partial charge is 0.495 e. The number of nitrogens with zero attached hydrogens (tertiary/aromatic N) is 2. The molecule has 0 unspecified atom stereocenters. The molecule has 1 aromatic carbocycles. The number of anilines is 1. The van der Waals surface area contributed by atoms with Crippen molar-refractivity contribution in [3.63, 3.8) is 0 Å². The van der Waals surface area contributed by atoms with E-state index >= 15 is 0 Å². The van der Waals surface area contributed by atoms with E-state index in [1.807, 2.05) is 11.9 Å². The van der Waals surface area contributed by atoms with Crippen LogP contribution >= 0.6 is 11.8 Å². The molecular formula is C18H25N3O3S. The molecule has 1 N–H and O–H groups in total. The van der Waals surface area contributed by atoms with Crippen LogP contribution in [0, 0.1) is 0 Å². The van der Waals surface area contributed by atoms with E-state index in [-0.39, 0.29) is 11.8 Å². The van der Waals surface area contributed by atoms with Gasteiger partial charge in [-0.15, -0.1) is 18.3 Å². The van der Waals surface area contributed by atoms with Crippen molar-refractivity contribution in [1.29, 1.82) is 0 Å². The van der Waals surface area contributed by atoms with Gasteiger partial charge in [0.1, 0.15) is 5.75 Å². The Kier molecular flexibility index (Phi) is 7.33. The van der Waals surface area contributed by atoms with Gasteiger partial charge in [-0.25, -0.2) is 0 Å². The second-order valence-corrected chi connectivity index (χ2v) is 6.89. The molecule has 1 heterocycles. The second kappa shape index (κ2) is 9.48. The fourth-order valence-corrected chi connectivity index (χ4v) is 3.09. The Labute approximate surface area is 153 Å². The standard InChI is InChI=1S/C18H25N3O3S/c1-4-11-25-13-17(22)19-15-12-14(5-6-16(15)24-3)18(23)21-9-7-20(2)8-10-21/h4-6,12H,1,7-11,13H2,2-3H3,(H,19,22). The highest BCUT2D eigenvalue weighted by molar-refractivity contribution is 8.00. The first-order chi connectivity index (χ1) is 12.0. The second-order valence-electron chi connectivity index (χ2n) is 5.86. The number of hydrogen-bond donors (Lipinski definition) is 1. The molecule has 0 spiro atoms. The number of carbonyl (C=O) groups is 2. The number of amides is 2. The van der Waals surface area contributed by atoms with Gasteiger partial charge in [0.05, 0.1) is 18.6 Å². The lowest BCUT2D eigenvalue weighted by atomic mass is 10.1. The van der Waals surface area contributed by atoms with E-state index in [1.165, 1.54) is 11.8 Å². The van der Waals surface area contributed by atoms with Gasteiger partial charge in [0, 0.05) is 37.5 Å². The molecule has 0 aromatic heterocycles. The maximum absolute atomic E-state index is 12.7. The van der Waals surface area contributed by atoms with Crippen molar-refractivity contribution in [1.82, 2.24) is 9.80 Å². The molecule has 0 radical (unpaired) electrons. The van der Waals surface area contributed by atoms with Crippen LogP contribution in [0.15, 0.2) is 30.9 Å². The smallest absolute Gasteiger partial charge is 0.254 e. The number of carbonyl (C=O) groups excluding carboxylic acids is 2. The summed E-state index contributed by atoms with van der Waals surface area (Å²) in [6.45, 7) is 6.78. The molecule has 2 rings (SSSR count). The van der Waals surface area contributed by atoms with Gasteiger partial charge < -0.3 is 19.9 Å². The van der Waals surface area contributed by atoms with Crippen LogP contribution in [0.4, 0.5) is 5.69 Å². The zero-order valence-electron chi connectivity index (χ0n) is 14.8. The maximum atomic E-state index is 12.7. The van der Waals surface area contributed by atoms with Gasteiger partial charge in [0.2, 0.25) is 5.91 Å². The third kappa shape index (κ3) is 5.51. The number of rotatable bonds is 7.